The van der Waals surface area contributed by atoms with Crippen molar-refractivity contribution in [2.75, 3.05) is 25.0 Å². The van der Waals surface area contributed by atoms with Gasteiger partial charge in [-0.2, -0.15) is 0 Å². The van der Waals surface area contributed by atoms with E-state index < -0.39 is 0 Å². The SMILES string of the molecule is CNC1CCN(c2ccc(C(C)C)cc2)CC1(C)C. The van der Waals surface area contributed by atoms with Crippen molar-refractivity contribution < 1.29 is 0 Å². The van der Waals surface area contributed by atoms with Gasteiger partial charge in [-0.15, -0.1) is 0 Å². The molecule has 0 aliphatic carbocycles. The van der Waals surface area contributed by atoms with Crippen LogP contribution < -0.4 is 10.2 Å². The third-order valence-corrected chi connectivity index (χ3v) is 4.50. The first kappa shape index (κ1) is 14.4. The van der Waals surface area contributed by atoms with Gasteiger partial charge >= 0.3 is 0 Å². The summed E-state index contributed by atoms with van der Waals surface area (Å²) >= 11 is 0. The molecule has 1 aliphatic heterocycles. The molecule has 0 aromatic heterocycles. The van der Waals surface area contributed by atoms with E-state index in [4.69, 9.17) is 0 Å². The van der Waals surface area contributed by atoms with Crippen LogP contribution >= 0.6 is 0 Å². The molecule has 0 amide bonds. The summed E-state index contributed by atoms with van der Waals surface area (Å²) in [5.41, 5.74) is 3.11. The van der Waals surface area contributed by atoms with Crippen molar-refractivity contribution in [3.8, 4) is 0 Å². The Kier molecular flexibility index (Phi) is 4.19. The summed E-state index contributed by atoms with van der Waals surface area (Å²) in [7, 11) is 2.08. The van der Waals surface area contributed by atoms with Gasteiger partial charge in [-0.3, -0.25) is 0 Å². The van der Waals surface area contributed by atoms with Crippen molar-refractivity contribution in [3.05, 3.63) is 29.8 Å². The monoisotopic (exact) mass is 260 g/mol. The zero-order chi connectivity index (χ0) is 14.0. The summed E-state index contributed by atoms with van der Waals surface area (Å²) in [4.78, 5) is 2.53. The molecule has 1 N–H and O–H groups in total. The molecular formula is C17H28N2. The molecule has 1 atom stereocenters. The number of anilines is 1. The van der Waals surface area contributed by atoms with Crippen molar-refractivity contribution >= 4 is 5.69 Å². The van der Waals surface area contributed by atoms with Crippen LogP contribution in [0.1, 0.15) is 45.6 Å². The Balaban J connectivity index is 2.11. The van der Waals surface area contributed by atoms with Crippen molar-refractivity contribution in [2.45, 2.75) is 46.1 Å². The van der Waals surface area contributed by atoms with Crippen molar-refractivity contribution in [1.82, 2.24) is 5.32 Å². The number of nitrogens with one attached hydrogen (secondary N) is 1. The lowest BCUT2D eigenvalue weighted by molar-refractivity contribution is 0.215. The van der Waals surface area contributed by atoms with Crippen LogP contribution in [-0.4, -0.2) is 26.2 Å². The van der Waals surface area contributed by atoms with E-state index in [2.05, 4.69) is 69.2 Å². The molecule has 1 fully saturated rings. The van der Waals surface area contributed by atoms with E-state index in [1.165, 1.54) is 17.7 Å². The minimum Gasteiger partial charge on any atom is -0.371 e. The van der Waals surface area contributed by atoms with Gasteiger partial charge in [0, 0.05) is 24.8 Å². The van der Waals surface area contributed by atoms with Crippen LogP contribution in [0.5, 0.6) is 0 Å². The molecule has 2 nitrogen and oxygen atoms in total. The number of nitrogens with zero attached hydrogens (tertiary/aromatic N) is 1. The summed E-state index contributed by atoms with van der Waals surface area (Å²) < 4.78 is 0. The second kappa shape index (κ2) is 5.54. The van der Waals surface area contributed by atoms with Gasteiger partial charge < -0.3 is 10.2 Å². The summed E-state index contributed by atoms with van der Waals surface area (Å²) in [6.07, 6.45) is 1.22. The van der Waals surface area contributed by atoms with Crippen LogP contribution in [-0.2, 0) is 0 Å². The van der Waals surface area contributed by atoms with Gasteiger partial charge in [0.2, 0.25) is 0 Å². The second-order valence-electron chi connectivity index (χ2n) is 6.79. The van der Waals surface area contributed by atoms with E-state index in [9.17, 15) is 0 Å². The second-order valence-corrected chi connectivity index (χ2v) is 6.79. The lowest BCUT2D eigenvalue weighted by Crippen LogP contribution is -2.53. The zero-order valence-electron chi connectivity index (χ0n) is 13.0. The predicted molar refractivity (Wildman–Crippen MR) is 84.0 cm³/mol. The van der Waals surface area contributed by atoms with Crippen molar-refractivity contribution in [3.63, 3.8) is 0 Å². The number of piperidine rings is 1. The number of hydrogen-bond donors (Lipinski definition) is 1. The fraction of sp³-hybridized carbons (Fsp3) is 0.647. The Bertz CT molecular complexity index is 406. The molecule has 1 unspecified atom stereocenters. The molecule has 1 heterocycles. The topological polar surface area (TPSA) is 15.3 Å². The normalized spacial score (nSPS) is 22.8. The first-order valence-electron chi connectivity index (χ1n) is 7.46. The van der Waals surface area contributed by atoms with Gasteiger partial charge in [0.1, 0.15) is 0 Å². The third kappa shape index (κ3) is 3.11. The maximum atomic E-state index is 3.46. The largest absolute Gasteiger partial charge is 0.371 e. The van der Waals surface area contributed by atoms with Gasteiger partial charge in [0.25, 0.3) is 0 Å². The quantitative estimate of drug-likeness (QED) is 0.892. The molecule has 1 aromatic rings. The van der Waals surface area contributed by atoms with E-state index in [1.807, 2.05) is 0 Å². The molecule has 0 radical (unpaired) electrons. The Morgan fingerprint density at radius 1 is 1.21 bits per heavy atom. The van der Waals surface area contributed by atoms with E-state index >= 15 is 0 Å². The Morgan fingerprint density at radius 2 is 1.84 bits per heavy atom. The molecule has 0 bridgehead atoms. The Morgan fingerprint density at radius 3 is 2.32 bits per heavy atom. The summed E-state index contributed by atoms with van der Waals surface area (Å²) in [5, 5.41) is 3.46. The summed E-state index contributed by atoms with van der Waals surface area (Å²) in [6.45, 7) is 11.5. The molecule has 19 heavy (non-hydrogen) atoms. The first-order chi connectivity index (χ1) is 8.94. The first-order valence-corrected chi connectivity index (χ1v) is 7.46. The summed E-state index contributed by atoms with van der Waals surface area (Å²) in [6, 6.07) is 9.74. The van der Waals surface area contributed by atoms with Crippen molar-refractivity contribution in [1.29, 1.82) is 0 Å². The maximum absolute atomic E-state index is 3.46. The standard InChI is InChI=1S/C17H28N2/c1-13(2)14-6-8-15(9-7-14)19-11-10-16(18-5)17(3,4)12-19/h6-9,13,16,18H,10-12H2,1-5H3. The highest BCUT2D eigenvalue weighted by atomic mass is 15.2. The molecule has 1 aromatic carbocycles. The lowest BCUT2D eigenvalue weighted by atomic mass is 9.79. The minimum absolute atomic E-state index is 0.323. The highest BCUT2D eigenvalue weighted by molar-refractivity contribution is 5.49. The molecule has 0 spiro atoms. The molecule has 106 valence electrons. The molecule has 1 aliphatic rings. The van der Waals surface area contributed by atoms with E-state index in [0.717, 1.165) is 13.1 Å². The number of benzene rings is 1. The average molecular weight is 260 g/mol. The van der Waals surface area contributed by atoms with E-state index in [1.54, 1.807) is 0 Å². The fourth-order valence-electron chi connectivity index (χ4n) is 3.18. The van der Waals surface area contributed by atoms with E-state index in [-0.39, 0.29) is 0 Å². The van der Waals surface area contributed by atoms with Gasteiger partial charge in [0.15, 0.2) is 0 Å². The highest BCUT2D eigenvalue weighted by Crippen LogP contribution is 2.32. The van der Waals surface area contributed by atoms with Crippen LogP contribution in [0.3, 0.4) is 0 Å². The van der Waals surface area contributed by atoms with Gasteiger partial charge in [-0.1, -0.05) is 39.8 Å². The minimum atomic E-state index is 0.323. The fourth-order valence-corrected chi connectivity index (χ4v) is 3.18. The predicted octanol–water partition coefficient (Wildman–Crippen LogP) is 3.63. The third-order valence-electron chi connectivity index (χ3n) is 4.50. The molecule has 1 saturated heterocycles. The Labute approximate surface area is 118 Å². The van der Waals surface area contributed by atoms with E-state index in [0.29, 0.717) is 17.4 Å². The smallest absolute Gasteiger partial charge is 0.0366 e. The number of rotatable bonds is 3. The highest BCUT2D eigenvalue weighted by Gasteiger charge is 2.34. The van der Waals surface area contributed by atoms with Gasteiger partial charge in [0.05, 0.1) is 0 Å². The molecule has 2 heteroatoms. The van der Waals surface area contributed by atoms with Crippen LogP contribution in [0.4, 0.5) is 5.69 Å². The van der Waals surface area contributed by atoms with Crippen LogP contribution in [0.2, 0.25) is 0 Å². The maximum Gasteiger partial charge on any atom is 0.0366 e. The molecular weight excluding hydrogens is 232 g/mol. The molecule has 2 rings (SSSR count). The van der Waals surface area contributed by atoms with Crippen LogP contribution in [0, 0.1) is 5.41 Å². The van der Waals surface area contributed by atoms with Gasteiger partial charge in [-0.25, -0.2) is 0 Å². The number of hydrogen-bond acceptors (Lipinski definition) is 2. The van der Waals surface area contributed by atoms with Crippen molar-refractivity contribution in [2.24, 2.45) is 5.41 Å². The Hall–Kier alpha value is -1.02. The molecule has 0 saturated carbocycles. The van der Waals surface area contributed by atoms with Crippen LogP contribution in [0.15, 0.2) is 24.3 Å². The summed E-state index contributed by atoms with van der Waals surface area (Å²) in [5.74, 6) is 0.612. The lowest BCUT2D eigenvalue weighted by Gasteiger charge is -2.45. The average Bonchev–Trinajstić information content (AvgIpc) is 2.37. The zero-order valence-corrected chi connectivity index (χ0v) is 13.0. The van der Waals surface area contributed by atoms with Gasteiger partial charge in [-0.05, 0) is 42.5 Å². The van der Waals surface area contributed by atoms with Crippen LogP contribution in [0.25, 0.3) is 0 Å².